The Morgan fingerprint density at radius 3 is 2.21 bits per heavy atom. The Bertz CT molecular complexity index is 1500. The van der Waals surface area contributed by atoms with Gasteiger partial charge in [-0.05, 0) is 69.2 Å². The van der Waals surface area contributed by atoms with E-state index < -0.39 is 28.5 Å². The van der Waals surface area contributed by atoms with Gasteiger partial charge in [-0.15, -0.1) is 0 Å². The Kier molecular flexibility index (Phi) is 11.4. The van der Waals surface area contributed by atoms with E-state index in [1.165, 1.54) is 37.3 Å². The number of anilines is 1. The van der Waals surface area contributed by atoms with Crippen molar-refractivity contribution in [3.05, 3.63) is 82.3 Å². The zero-order valence-electron chi connectivity index (χ0n) is 24.8. The second-order valence-corrected chi connectivity index (χ2v) is 12.8. The average molecular weight is 661 g/mol. The minimum atomic E-state index is -4.26. The number of nitrogens with zero attached hydrogens (tertiary/aromatic N) is 2. The lowest BCUT2D eigenvalue weighted by molar-refractivity contribution is -0.139. The van der Waals surface area contributed by atoms with Crippen molar-refractivity contribution < 1.29 is 27.5 Å². The Morgan fingerprint density at radius 1 is 0.952 bits per heavy atom. The molecule has 0 aliphatic carbocycles. The number of benzene rings is 3. The lowest BCUT2D eigenvalue weighted by Gasteiger charge is -2.32. The monoisotopic (exact) mass is 659 g/mol. The number of sulfonamides is 1. The van der Waals surface area contributed by atoms with Crippen molar-refractivity contribution >= 4 is 43.5 Å². The number of carbonyl (C=O) groups is 2. The second kappa shape index (κ2) is 14.6. The number of halogens is 1. The summed E-state index contributed by atoms with van der Waals surface area (Å²) in [6, 6.07) is 17.6. The van der Waals surface area contributed by atoms with Gasteiger partial charge in [-0.2, -0.15) is 0 Å². The topological polar surface area (TPSA) is 105 Å². The number of aryl methyl sites for hydroxylation is 1. The van der Waals surface area contributed by atoms with Crippen molar-refractivity contribution in [2.45, 2.75) is 57.6 Å². The molecule has 0 radical (unpaired) electrons. The largest absolute Gasteiger partial charge is 0.493 e. The van der Waals surface area contributed by atoms with Gasteiger partial charge in [-0.3, -0.25) is 13.9 Å². The molecule has 0 fully saturated rings. The van der Waals surface area contributed by atoms with Gasteiger partial charge in [0.05, 0.1) is 24.8 Å². The standard InChI is InChI=1S/C31H38BrN3O6S/c1-7-22(3)33-31(37)23(4)34(19-24-9-8-10-25(32)17-24)30(36)20-35(26-13-11-21(2)12-14-26)42(38,39)27-15-16-28(40-5)29(18-27)41-6/h8-18,22-23H,7,19-20H2,1-6H3,(H,33,37)/t22-,23-/m0/s1. The summed E-state index contributed by atoms with van der Waals surface area (Å²) in [5.41, 5.74) is 2.02. The third-order valence-corrected chi connectivity index (χ3v) is 9.22. The molecule has 2 atom stereocenters. The summed E-state index contributed by atoms with van der Waals surface area (Å²) in [6.45, 7) is 6.95. The van der Waals surface area contributed by atoms with E-state index >= 15 is 0 Å². The Labute approximate surface area is 257 Å². The number of hydrogen-bond acceptors (Lipinski definition) is 6. The predicted molar refractivity (Wildman–Crippen MR) is 167 cm³/mol. The molecule has 0 saturated carbocycles. The van der Waals surface area contributed by atoms with Crippen molar-refractivity contribution in [1.82, 2.24) is 10.2 Å². The second-order valence-electron chi connectivity index (χ2n) is 10.0. The number of methoxy groups -OCH3 is 2. The van der Waals surface area contributed by atoms with E-state index in [0.29, 0.717) is 11.4 Å². The number of rotatable bonds is 13. The third kappa shape index (κ3) is 8.04. The summed E-state index contributed by atoms with van der Waals surface area (Å²) in [4.78, 5) is 28.6. The quantitative estimate of drug-likeness (QED) is 0.267. The lowest BCUT2D eigenvalue weighted by atomic mass is 10.1. The van der Waals surface area contributed by atoms with Gasteiger partial charge in [0.15, 0.2) is 11.5 Å². The number of hydrogen-bond donors (Lipinski definition) is 1. The minimum Gasteiger partial charge on any atom is -0.493 e. The molecule has 0 aromatic heterocycles. The average Bonchev–Trinajstić information content (AvgIpc) is 2.98. The van der Waals surface area contributed by atoms with Crippen LogP contribution in [0.5, 0.6) is 11.5 Å². The summed E-state index contributed by atoms with van der Waals surface area (Å²) in [7, 11) is -1.38. The molecule has 3 aromatic rings. The molecule has 0 bridgehead atoms. The molecular weight excluding hydrogens is 622 g/mol. The molecule has 0 heterocycles. The molecule has 2 amide bonds. The SMILES string of the molecule is CC[C@H](C)NC(=O)[C@H](C)N(Cc1cccc(Br)c1)C(=O)CN(c1ccc(C)cc1)S(=O)(=O)c1ccc(OC)c(OC)c1. The van der Waals surface area contributed by atoms with Gasteiger partial charge >= 0.3 is 0 Å². The van der Waals surface area contributed by atoms with Crippen molar-refractivity contribution in [2.24, 2.45) is 0 Å². The highest BCUT2D eigenvalue weighted by Crippen LogP contribution is 2.32. The Balaban J connectivity index is 2.06. The third-order valence-electron chi connectivity index (χ3n) is 6.95. The van der Waals surface area contributed by atoms with Crippen LogP contribution in [0, 0.1) is 6.92 Å². The molecule has 1 N–H and O–H groups in total. The molecule has 3 rings (SSSR count). The van der Waals surface area contributed by atoms with E-state index in [1.807, 2.05) is 45.0 Å². The number of amides is 2. The number of carbonyl (C=O) groups excluding carboxylic acids is 2. The van der Waals surface area contributed by atoms with Crippen LogP contribution in [0.3, 0.4) is 0 Å². The highest BCUT2D eigenvalue weighted by molar-refractivity contribution is 9.10. The van der Waals surface area contributed by atoms with E-state index in [9.17, 15) is 18.0 Å². The molecule has 11 heteroatoms. The van der Waals surface area contributed by atoms with Crippen LogP contribution >= 0.6 is 15.9 Å². The summed E-state index contributed by atoms with van der Waals surface area (Å²) in [5, 5.41) is 2.93. The molecule has 9 nitrogen and oxygen atoms in total. The molecule has 0 aliphatic heterocycles. The lowest BCUT2D eigenvalue weighted by Crippen LogP contribution is -2.52. The van der Waals surface area contributed by atoms with E-state index in [2.05, 4.69) is 21.2 Å². The van der Waals surface area contributed by atoms with Crippen LogP contribution in [-0.4, -0.2) is 58.0 Å². The van der Waals surface area contributed by atoms with Crippen LogP contribution in [0.1, 0.15) is 38.3 Å². The first-order valence-corrected chi connectivity index (χ1v) is 15.8. The van der Waals surface area contributed by atoms with Crippen molar-refractivity contribution in [1.29, 1.82) is 0 Å². The summed E-state index contributed by atoms with van der Waals surface area (Å²) < 4.78 is 40.7. The van der Waals surface area contributed by atoms with E-state index in [0.717, 1.165) is 26.3 Å². The zero-order valence-corrected chi connectivity index (χ0v) is 27.2. The van der Waals surface area contributed by atoms with Gasteiger partial charge in [-0.25, -0.2) is 8.42 Å². The first-order chi connectivity index (χ1) is 19.9. The van der Waals surface area contributed by atoms with E-state index in [-0.39, 0.29) is 29.1 Å². The maximum atomic E-state index is 14.1. The van der Waals surface area contributed by atoms with Crippen LogP contribution in [0.4, 0.5) is 5.69 Å². The summed E-state index contributed by atoms with van der Waals surface area (Å²) in [6.07, 6.45) is 0.725. The van der Waals surface area contributed by atoms with Gasteiger partial charge in [0.1, 0.15) is 12.6 Å². The predicted octanol–water partition coefficient (Wildman–Crippen LogP) is 5.30. The number of nitrogens with one attached hydrogen (secondary N) is 1. The normalized spacial score (nSPS) is 12.6. The highest BCUT2D eigenvalue weighted by Gasteiger charge is 2.33. The van der Waals surface area contributed by atoms with Crippen molar-refractivity contribution in [2.75, 3.05) is 25.1 Å². The van der Waals surface area contributed by atoms with E-state index in [1.54, 1.807) is 31.2 Å². The maximum absolute atomic E-state index is 14.1. The van der Waals surface area contributed by atoms with Crippen LogP contribution in [0.15, 0.2) is 76.1 Å². The fourth-order valence-electron chi connectivity index (χ4n) is 4.22. The molecule has 42 heavy (non-hydrogen) atoms. The smallest absolute Gasteiger partial charge is 0.264 e. The zero-order chi connectivity index (χ0) is 31.0. The maximum Gasteiger partial charge on any atom is 0.264 e. The Morgan fingerprint density at radius 2 is 1.62 bits per heavy atom. The van der Waals surface area contributed by atoms with Gasteiger partial charge in [-0.1, -0.05) is 52.7 Å². The fraction of sp³-hybridized carbons (Fsp3) is 0.355. The molecule has 3 aromatic carbocycles. The Hall–Kier alpha value is -3.57. The molecule has 226 valence electrons. The summed E-state index contributed by atoms with van der Waals surface area (Å²) in [5.74, 6) is -0.250. The van der Waals surface area contributed by atoms with Gasteiger partial charge in [0, 0.05) is 23.1 Å². The van der Waals surface area contributed by atoms with Crippen LogP contribution in [0.25, 0.3) is 0 Å². The van der Waals surface area contributed by atoms with Crippen molar-refractivity contribution in [3.63, 3.8) is 0 Å². The molecular formula is C31H38BrN3O6S. The van der Waals surface area contributed by atoms with Crippen LogP contribution in [0.2, 0.25) is 0 Å². The molecule has 0 saturated heterocycles. The molecule has 0 unspecified atom stereocenters. The van der Waals surface area contributed by atoms with Gasteiger partial charge < -0.3 is 19.7 Å². The summed E-state index contributed by atoms with van der Waals surface area (Å²) >= 11 is 3.46. The first-order valence-electron chi connectivity index (χ1n) is 13.6. The van der Waals surface area contributed by atoms with E-state index in [4.69, 9.17) is 9.47 Å². The van der Waals surface area contributed by atoms with Crippen LogP contribution < -0.4 is 19.1 Å². The van der Waals surface area contributed by atoms with Crippen LogP contribution in [-0.2, 0) is 26.2 Å². The molecule has 0 aliphatic rings. The fourth-order valence-corrected chi connectivity index (χ4v) is 6.10. The van der Waals surface area contributed by atoms with Gasteiger partial charge in [0.25, 0.3) is 10.0 Å². The van der Waals surface area contributed by atoms with Gasteiger partial charge in [0.2, 0.25) is 11.8 Å². The highest BCUT2D eigenvalue weighted by atomic mass is 79.9. The van der Waals surface area contributed by atoms with Crippen molar-refractivity contribution in [3.8, 4) is 11.5 Å². The molecule has 0 spiro atoms. The first kappa shape index (κ1) is 32.9. The number of ether oxygens (including phenoxy) is 2. The minimum absolute atomic E-state index is 0.0744.